The number of amides is 1. The molecule has 212 valence electrons. The number of nitrogens with zero attached hydrogens (tertiary/aromatic N) is 4. The zero-order chi connectivity index (χ0) is 28.8. The molecule has 1 saturated heterocycles. The van der Waals surface area contributed by atoms with Crippen molar-refractivity contribution in [3.05, 3.63) is 72.6 Å². The van der Waals surface area contributed by atoms with Crippen molar-refractivity contribution in [3.63, 3.8) is 0 Å². The number of rotatable bonds is 9. The van der Waals surface area contributed by atoms with Gasteiger partial charge in [-0.1, -0.05) is 24.3 Å². The Kier molecular flexibility index (Phi) is 6.88. The van der Waals surface area contributed by atoms with Gasteiger partial charge in [-0.3, -0.25) is 14.5 Å². The Labute approximate surface area is 239 Å². The van der Waals surface area contributed by atoms with Crippen molar-refractivity contribution in [3.8, 4) is 17.0 Å². The average Bonchev–Trinajstić information content (AvgIpc) is 3.18. The monoisotopic (exact) mass is 573 g/mol. The van der Waals surface area contributed by atoms with Gasteiger partial charge >= 0.3 is 0 Å². The van der Waals surface area contributed by atoms with Crippen LogP contribution in [0.5, 0.6) is 5.88 Å². The Morgan fingerprint density at radius 1 is 1.05 bits per heavy atom. The molecule has 6 rings (SSSR count). The van der Waals surface area contributed by atoms with E-state index in [2.05, 4.69) is 19.6 Å². The van der Waals surface area contributed by atoms with E-state index >= 15 is 0 Å². The van der Waals surface area contributed by atoms with Crippen LogP contribution in [0.15, 0.2) is 71.9 Å². The molecule has 41 heavy (non-hydrogen) atoms. The summed E-state index contributed by atoms with van der Waals surface area (Å²) in [5, 5.41) is 0.858. The van der Waals surface area contributed by atoms with Gasteiger partial charge in [-0.2, -0.15) is 0 Å². The summed E-state index contributed by atoms with van der Waals surface area (Å²) in [6, 6.07) is 15.7. The van der Waals surface area contributed by atoms with Gasteiger partial charge in [0.15, 0.2) is 0 Å². The molecule has 0 atom stereocenters. The summed E-state index contributed by atoms with van der Waals surface area (Å²) in [7, 11) is 1.83. The fourth-order valence-corrected chi connectivity index (χ4v) is 6.45. The largest absolute Gasteiger partial charge is 0.476 e. The highest BCUT2D eigenvalue weighted by atomic mass is 32.2. The molecule has 1 amide bonds. The normalized spacial score (nSPS) is 15.8. The second kappa shape index (κ2) is 10.4. The highest BCUT2D eigenvalue weighted by Gasteiger charge is 2.56. The van der Waals surface area contributed by atoms with E-state index in [-0.39, 0.29) is 22.4 Å². The van der Waals surface area contributed by atoms with Crippen LogP contribution in [0.4, 0.5) is 11.4 Å². The number of fused-ring (bicyclic) bond motifs is 4. The van der Waals surface area contributed by atoms with Gasteiger partial charge in [-0.25, -0.2) is 13.4 Å². The molecule has 0 saturated carbocycles. The maximum absolute atomic E-state index is 13.2. The number of sulfonamides is 1. The molecule has 1 spiro atoms. The lowest BCUT2D eigenvalue weighted by atomic mass is 9.78. The van der Waals surface area contributed by atoms with E-state index in [4.69, 9.17) is 9.47 Å². The molecular weight excluding hydrogens is 542 g/mol. The van der Waals surface area contributed by atoms with Crippen molar-refractivity contribution in [1.82, 2.24) is 14.9 Å². The number of hydrogen-bond donors (Lipinski definition) is 1. The quantitative estimate of drug-likeness (QED) is 0.302. The van der Waals surface area contributed by atoms with Crippen molar-refractivity contribution >= 4 is 38.2 Å². The van der Waals surface area contributed by atoms with Gasteiger partial charge < -0.3 is 19.3 Å². The number of aromatic nitrogens is 2. The fourth-order valence-electron chi connectivity index (χ4n) is 5.38. The maximum atomic E-state index is 13.2. The number of benzene rings is 2. The SMILES string of the molecule is CN(C)CCCOc1ncc(-c2ccc3ncc4c(c3c2)C2(COC2)C(=O)N4C)cc1NS(=O)(=O)c1ccccc1. The minimum atomic E-state index is -3.89. The summed E-state index contributed by atoms with van der Waals surface area (Å²) in [5.41, 5.74) is 3.49. The summed E-state index contributed by atoms with van der Waals surface area (Å²) in [6.45, 7) is 1.87. The number of pyridine rings is 2. The predicted molar refractivity (Wildman–Crippen MR) is 157 cm³/mol. The van der Waals surface area contributed by atoms with E-state index in [0.717, 1.165) is 40.7 Å². The second-order valence-corrected chi connectivity index (χ2v) is 12.4. The van der Waals surface area contributed by atoms with E-state index in [1.165, 1.54) is 12.1 Å². The van der Waals surface area contributed by atoms with E-state index in [1.807, 2.05) is 32.3 Å². The fraction of sp³-hybridized carbons (Fsp3) is 0.300. The third-order valence-electron chi connectivity index (χ3n) is 7.57. The molecule has 11 heteroatoms. The van der Waals surface area contributed by atoms with Crippen LogP contribution in [0.25, 0.3) is 22.0 Å². The van der Waals surface area contributed by atoms with E-state index in [9.17, 15) is 13.2 Å². The number of carbonyl (C=O) groups is 1. The highest BCUT2D eigenvalue weighted by Crippen LogP contribution is 2.49. The first-order valence-electron chi connectivity index (χ1n) is 13.3. The molecule has 0 aliphatic carbocycles. The zero-order valence-electron chi connectivity index (χ0n) is 23.1. The van der Waals surface area contributed by atoms with Gasteiger partial charge in [0, 0.05) is 36.3 Å². The lowest BCUT2D eigenvalue weighted by molar-refractivity contribution is -0.139. The lowest BCUT2D eigenvalue weighted by Gasteiger charge is -2.36. The maximum Gasteiger partial charge on any atom is 0.262 e. The molecule has 4 heterocycles. The number of likely N-dealkylation sites (N-methyl/N-ethyl adjacent to an activating group) is 1. The molecule has 2 aliphatic rings. The van der Waals surface area contributed by atoms with E-state index in [0.29, 0.717) is 25.4 Å². The summed E-state index contributed by atoms with van der Waals surface area (Å²) in [6.07, 6.45) is 4.16. The minimum absolute atomic E-state index is 0.00786. The second-order valence-electron chi connectivity index (χ2n) is 10.7. The first-order valence-corrected chi connectivity index (χ1v) is 14.8. The van der Waals surface area contributed by atoms with Gasteiger partial charge in [0.05, 0.1) is 42.1 Å². The van der Waals surface area contributed by atoms with Crippen LogP contribution in [-0.2, 0) is 25.0 Å². The molecule has 2 aliphatic heterocycles. The average molecular weight is 574 g/mol. The van der Waals surface area contributed by atoms with Crippen molar-refractivity contribution in [1.29, 1.82) is 0 Å². The molecule has 1 fully saturated rings. The third-order valence-corrected chi connectivity index (χ3v) is 8.95. The van der Waals surface area contributed by atoms with Crippen LogP contribution in [0.3, 0.4) is 0 Å². The van der Waals surface area contributed by atoms with Crippen molar-refractivity contribution in [2.75, 3.05) is 57.1 Å². The molecular formula is C30H31N5O5S. The molecule has 4 aromatic rings. The summed E-state index contributed by atoms with van der Waals surface area (Å²) in [5.74, 6) is 0.210. The van der Waals surface area contributed by atoms with E-state index in [1.54, 1.807) is 48.6 Å². The number of ether oxygens (including phenoxy) is 2. The van der Waals surface area contributed by atoms with Gasteiger partial charge in [-0.15, -0.1) is 0 Å². The summed E-state index contributed by atoms with van der Waals surface area (Å²) >= 11 is 0. The Hall–Kier alpha value is -4.06. The standard InChI is InChI=1S/C30H31N5O5S/c1-34(2)12-7-13-40-28-25(33-41(37,38)22-8-5-4-6-9-22)15-21(16-32-28)20-10-11-24-23(14-20)27-26(17-31-24)35(3)29(36)30(27)18-39-19-30/h4-6,8-11,14-17,33H,7,12-13,18-19H2,1-3H3. The first-order chi connectivity index (χ1) is 19.7. The Balaban J connectivity index is 1.41. The van der Waals surface area contributed by atoms with Crippen LogP contribution >= 0.6 is 0 Å². The topological polar surface area (TPSA) is 114 Å². The zero-order valence-corrected chi connectivity index (χ0v) is 23.9. The van der Waals surface area contributed by atoms with Crippen LogP contribution in [0.2, 0.25) is 0 Å². The molecule has 0 unspecified atom stereocenters. The van der Waals surface area contributed by atoms with Gasteiger partial charge in [-0.05, 0) is 56.4 Å². The Morgan fingerprint density at radius 2 is 1.83 bits per heavy atom. The van der Waals surface area contributed by atoms with Crippen molar-refractivity contribution in [2.24, 2.45) is 0 Å². The van der Waals surface area contributed by atoms with E-state index < -0.39 is 15.4 Å². The van der Waals surface area contributed by atoms with Crippen LogP contribution in [-0.4, -0.2) is 76.7 Å². The third kappa shape index (κ3) is 4.79. The van der Waals surface area contributed by atoms with Crippen LogP contribution in [0, 0.1) is 0 Å². The molecule has 1 N–H and O–H groups in total. The molecule has 2 aromatic heterocycles. The van der Waals surface area contributed by atoms with Crippen molar-refractivity contribution < 1.29 is 22.7 Å². The van der Waals surface area contributed by atoms with Gasteiger partial charge in [0.2, 0.25) is 11.8 Å². The summed E-state index contributed by atoms with van der Waals surface area (Å²) < 4.78 is 40.6. The number of carbonyl (C=O) groups excluding carboxylic acids is 1. The van der Waals surface area contributed by atoms with Crippen LogP contribution < -0.4 is 14.4 Å². The first kappa shape index (κ1) is 27.1. The summed E-state index contributed by atoms with van der Waals surface area (Å²) in [4.78, 5) is 26.1. The molecule has 2 aromatic carbocycles. The molecule has 0 bridgehead atoms. The Morgan fingerprint density at radius 3 is 2.54 bits per heavy atom. The molecule has 0 radical (unpaired) electrons. The number of anilines is 2. The highest BCUT2D eigenvalue weighted by molar-refractivity contribution is 7.92. The number of nitrogens with one attached hydrogen (secondary N) is 1. The van der Waals surface area contributed by atoms with Crippen molar-refractivity contribution in [2.45, 2.75) is 16.7 Å². The number of hydrogen-bond acceptors (Lipinski definition) is 8. The molecule has 10 nitrogen and oxygen atoms in total. The van der Waals surface area contributed by atoms with Gasteiger partial charge in [0.25, 0.3) is 10.0 Å². The minimum Gasteiger partial charge on any atom is -0.476 e. The predicted octanol–water partition coefficient (Wildman–Crippen LogP) is 3.67. The smallest absolute Gasteiger partial charge is 0.262 e. The van der Waals surface area contributed by atoms with Gasteiger partial charge in [0.1, 0.15) is 11.1 Å². The van der Waals surface area contributed by atoms with Crippen LogP contribution in [0.1, 0.15) is 12.0 Å². The lowest BCUT2D eigenvalue weighted by Crippen LogP contribution is -2.53. The Bertz CT molecular complexity index is 1740.